The third-order valence-corrected chi connectivity index (χ3v) is 5.96. The number of hydrazone groups is 1. The van der Waals surface area contributed by atoms with Crippen LogP contribution in [0.4, 0.5) is 18.9 Å². The predicted molar refractivity (Wildman–Crippen MR) is 123 cm³/mol. The second kappa shape index (κ2) is 8.90. The SMILES string of the molecule is Cc1cc(/C=N/N2CCN(c3ccc(Cl)cc3)CC2)c(C)n1-c1cccc(C(F)(F)F)c1. The number of halogens is 4. The molecule has 168 valence electrons. The van der Waals surface area contributed by atoms with Gasteiger partial charge in [-0.2, -0.15) is 18.3 Å². The normalized spacial score (nSPS) is 15.1. The van der Waals surface area contributed by atoms with Crippen LogP contribution in [-0.2, 0) is 6.18 Å². The van der Waals surface area contributed by atoms with Crippen LogP contribution in [0.25, 0.3) is 5.69 Å². The minimum Gasteiger partial charge on any atom is -0.368 e. The van der Waals surface area contributed by atoms with E-state index >= 15 is 0 Å². The average Bonchev–Trinajstić information content (AvgIpc) is 3.06. The highest BCUT2D eigenvalue weighted by Crippen LogP contribution is 2.31. The van der Waals surface area contributed by atoms with Crippen molar-refractivity contribution in [2.75, 3.05) is 31.1 Å². The van der Waals surface area contributed by atoms with Crippen LogP contribution in [-0.4, -0.2) is 42.0 Å². The molecular weight excluding hydrogens is 437 g/mol. The highest BCUT2D eigenvalue weighted by Gasteiger charge is 2.30. The van der Waals surface area contributed by atoms with Crippen LogP contribution in [0.3, 0.4) is 0 Å². The van der Waals surface area contributed by atoms with Gasteiger partial charge in [-0.15, -0.1) is 0 Å². The van der Waals surface area contributed by atoms with Crippen molar-refractivity contribution in [1.82, 2.24) is 9.58 Å². The molecule has 2 aromatic carbocycles. The molecule has 1 saturated heterocycles. The number of benzene rings is 2. The van der Waals surface area contributed by atoms with Gasteiger partial charge in [0.25, 0.3) is 0 Å². The second-order valence-corrected chi connectivity index (χ2v) is 8.31. The molecule has 0 spiro atoms. The van der Waals surface area contributed by atoms with Gasteiger partial charge >= 0.3 is 6.18 Å². The fourth-order valence-corrected chi connectivity index (χ4v) is 4.13. The number of rotatable bonds is 4. The maximum absolute atomic E-state index is 13.1. The highest BCUT2D eigenvalue weighted by molar-refractivity contribution is 6.30. The Morgan fingerprint density at radius 2 is 1.59 bits per heavy atom. The van der Waals surface area contributed by atoms with Crippen molar-refractivity contribution in [3.63, 3.8) is 0 Å². The van der Waals surface area contributed by atoms with E-state index < -0.39 is 11.7 Å². The first-order valence-corrected chi connectivity index (χ1v) is 10.8. The Bertz CT molecular complexity index is 1110. The number of hydrogen-bond donors (Lipinski definition) is 0. The zero-order chi connectivity index (χ0) is 22.9. The lowest BCUT2D eigenvalue weighted by atomic mass is 10.2. The lowest BCUT2D eigenvalue weighted by Crippen LogP contribution is -2.44. The number of hydrogen-bond acceptors (Lipinski definition) is 3. The monoisotopic (exact) mass is 460 g/mol. The van der Waals surface area contributed by atoms with E-state index in [1.54, 1.807) is 12.3 Å². The molecule has 3 aromatic rings. The van der Waals surface area contributed by atoms with Crippen molar-refractivity contribution in [2.45, 2.75) is 20.0 Å². The van der Waals surface area contributed by atoms with Crippen LogP contribution in [0.1, 0.15) is 22.5 Å². The van der Waals surface area contributed by atoms with E-state index in [9.17, 15) is 13.2 Å². The lowest BCUT2D eigenvalue weighted by Gasteiger charge is -2.34. The van der Waals surface area contributed by atoms with Crippen LogP contribution in [0.5, 0.6) is 0 Å². The van der Waals surface area contributed by atoms with E-state index in [1.165, 1.54) is 12.1 Å². The third-order valence-electron chi connectivity index (χ3n) is 5.71. The van der Waals surface area contributed by atoms with Gasteiger partial charge in [-0.05, 0) is 62.4 Å². The quantitative estimate of drug-likeness (QED) is 0.451. The van der Waals surface area contributed by atoms with Gasteiger partial charge in [0.05, 0.1) is 24.9 Å². The van der Waals surface area contributed by atoms with Crippen LogP contribution in [0.2, 0.25) is 5.02 Å². The van der Waals surface area contributed by atoms with Crippen molar-refractivity contribution in [3.05, 3.63) is 82.1 Å². The van der Waals surface area contributed by atoms with Crippen molar-refractivity contribution >= 4 is 23.5 Å². The molecule has 0 aliphatic carbocycles. The number of aryl methyl sites for hydroxylation is 1. The van der Waals surface area contributed by atoms with Gasteiger partial charge in [-0.1, -0.05) is 17.7 Å². The summed E-state index contributed by atoms with van der Waals surface area (Å²) in [6.45, 7) is 7.05. The highest BCUT2D eigenvalue weighted by atomic mass is 35.5. The van der Waals surface area contributed by atoms with Gasteiger partial charge in [0, 0.05) is 46.4 Å². The van der Waals surface area contributed by atoms with Gasteiger partial charge < -0.3 is 9.47 Å². The van der Waals surface area contributed by atoms with E-state index in [-0.39, 0.29) is 0 Å². The molecule has 32 heavy (non-hydrogen) atoms. The van der Waals surface area contributed by atoms with Crippen molar-refractivity contribution < 1.29 is 13.2 Å². The summed E-state index contributed by atoms with van der Waals surface area (Å²) < 4.78 is 41.2. The van der Waals surface area contributed by atoms with Gasteiger partial charge in [-0.3, -0.25) is 5.01 Å². The number of piperazine rings is 1. The first-order valence-electron chi connectivity index (χ1n) is 10.4. The van der Waals surface area contributed by atoms with Gasteiger partial charge in [0.2, 0.25) is 0 Å². The first-order chi connectivity index (χ1) is 15.2. The Labute approximate surface area is 190 Å². The number of alkyl halides is 3. The smallest absolute Gasteiger partial charge is 0.368 e. The molecular formula is C24H24ClF3N4. The Hall–Kier alpha value is -2.93. The van der Waals surface area contributed by atoms with E-state index in [4.69, 9.17) is 11.6 Å². The van der Waals surface area contributed by atoms with E-state index in [1.807, 2.05) is 53.8 Å². The molecule has 1 fully saturated rings. The van der Waals surface area contributed by atoms with Gasteiger partial charge in [0.15, 0.2) is 0 Å². The molecule has 1 aliphatic heterocycles. The zero-order valence-corrected chi connectivity index (χ0v) is 18.7. The molecule has 8 heteroatoms. The maximum Gasteiger partial charge on any atom is 0.416 e. The second-order valence-electron chi connectivity index (χ2n) is 7.87. The van der Waals surface area contributed by atoms with Gasteiger partial charge in [0.1, 0.15) is 0 Å². The van der Waals surface area contributed by atoms with E-state index in [2.05, 4.69) is 10.0 Å². The molecule has 0 bridgehead atoms. The minimum absolute atomic E-state index is 0.492. The molecule has 0 amide bonds. The van der Waals surface area contributed by atoms with Gasteiger partial charge in [-0.25, -0.2) is 0 Å². The molecule has 2 heterocycles. The Morgan fingerprint density at radius 3 is 2.25 bits per heavy atom. The molecule has 1 aromatic heterocycles. The Balaban J connectivity index is 1.46. The topological polar surface area (TPSA) is 23.8 Å². The summed E-state index contributed by atoms with van der Waals surface area (Å²) in [5.74, 6) is 0. The van der Waals surface area contributed by atoms with Crippen LogP contribution >= 0.6 is 11.6 Å². The lowest BCUT2D eigenvalue weighted by molar-refractivity contribution is -0.137. The molecule has 1 aliphatic rings. The summed E-state index contributed by atoms with van der Waals surface area (Å²) in [5, 5.41) is 7.37. The molecule has 0 saturated carbocycles. The number of anilines is 1. The Morgan fingerprint density at radius 1 is 0.906 bits per heavy atom. The largest absolute Gasteiger partial charge is 0.416 e. The predicted octanol–water partition coefficient (Wildman–Crippen LogP) is 5.92. The van der Waals surface area contributed by atoms with Crippen molar-refractivity contribution in [1.29, 1.82) is 0 Å². The molecule has 0 N–H and O–H groups in total. The van der Waals surface area contributed by atoms with Crippen LogP contribution in [0.15, 0.2) is 59.7 Å². The fourth-order valence-electron chi connectivity index (χ4n) is 4.00. The summed E-state index contributed by atoms with van der Waals surface area (Å²) in [5.41, 5.74) is 3.58. The first kappa shape index (κ1) is 22.3. The molecule has 0 atom stereocenters. The van der Waals surface area contributed by atoms with E-state index in [0.717, 1.165) is 59.9 Å². The number of nitrogens with zero attached hydrogens (tertiary/aromatic N) is 4. The molecule has 0 unspecified atom stereocenters. The van der Waals surface area contributed by atoms with Crippen molar-refractivity contribution in [2.24, 2.45) is 5.10 Å². The summed E-state index contributed by atoms with van der Waals surface area (Å²) in [4.78, 5) is 2.29. The maximum atomic E-state index is 13.1. The molecule has 0 radical (unpaired) electrons. The van der Waals surface area contributed by atoms with E-state index in [0.29, 0.717) is 5.69 Å². The third kappa shape index (κ3) is 4.78. The average molecular weight is 461 g/mol. The molecule has 4 rings (SSSR count). The minimum atomic E-state index is -4.37. The standard InChI is InChI=1S/C24H24ClF3N4/c1-17-14-19(18(2)32(17)23-5-3-4-20(15-23)24(26,27)28)16-29-31-12-10-30(11-13-31)22-8-6-21(25)7-9-22/h3-9,14-16H,10-13H2,1-2H3/b29-16+. The van der Waals surface area contributed by atoms with Crippen LogP contribution in [0, 0.1) is 13.8 Å². The number of aromatic nitrogens is 1. The van der Waals surface area contributed by atoms with Crippen molar-refractivity contribution in [3.8, 4) is 5.69 Å². The summed E-state index contributed by atoms with van der Waals surface area (Å²) in [6, 6.07) is 15.2. The molecule has 4 nitrogen and oxygen atoms in total. The summed E-state index contributed by atoms with van der Waals surface area (Å²) in [7, 11) is 0. The summed E-state index contributed by atoms with van der Waals surface area (Å²) >= 11 is 5.97. The fraction of sp³-hybridized carbons (Fsp3) is 0.292. The van der Waals surface area contributed by atoms with Crippen LogP contribution < -0.4 is 4.90 Å². The Kier molecular flexibility index (Phi) is 6.20. The zero-order valence-electron chi connectivity index (χ0n) is 17.9. The summed E-state index contributed by atoms with van der Waals surface area (Å²) in [6.07, 6.45) is -2.58.